The maximum atomic E-state index is 6.12. The normalized spacial score (nSPS) is 11.2. The van der Waals surface area contributed by atoms with Gasteiger partial charge in [0.25, 0.3) is 0 Å². The first kappa shape index (κ1) is 13.0. The third-order valence-electron chi connectivity index (χ3n) is 3.17. The molecule has 0 unspecified atom stereocenters. The van der Waals surface area contributed by atoms with E-state index in [0.717, 1.165) is 27.9 Å². The maximum absolute atomic E-state index is 6.12. The Bertz CT molecular complexity index is 763. The number of hydrogen-bond donors (Lipinski definition) is 0. The van der Waals surface area contributed by atoms with Gasteiger partial charge in [0, 0.05) is 35.3 Å². The molecule has 1 aromatic carbocycles. The highest BCUT2D eigenvalue weighted by atomic mass is 35.5. The van der Waals surface area contributed by atoms with Gasteiger partial charge < -0.3 is 0 Å². The summed E-state index contributed by atoms with van der Waals surface area (Å²) in [4.78, 5) is 13.2. The predicted molar refractivity (Wildman–Crippen MR) is 81.9 cm³/mol. The Kier molecular flexibility index (Phi) is 3.36. The van der Waals surface area contributed by atoms with E-state index in [1.54, 1.807) is 6.07 Å². The van der Waals surface area contributed by atoms with Gasteiger partial charge in [0.2, 0.25) is 0 Å². The van der Waals surface area contributed by atoms with E-state index in [2.05, 4.69) is 34.9 Å². The van der Waals surface area contributed by atoms with Crippen molar-refractivity contribution >= 4 is 22.4 Å². The standard InChI is InChI=1S/C16H14ClN3/c1-10(2)16-19-14(7-15(17)20-16)13-9-18-8-11-5-3-4-6-12(11)13/h3-10H,1-2H3. The minimum atomic E-state index is 0.232. The van der Waals surface area contributed by atoms with Gasteiger partial charge in [-0.15, -0.1) is 0 Å². The van der Waals surface area contributed by atoms with Crippen LogP contribution in [0.5, 0.6) is 0 Å². The lowest BCUT2D eigenvalue weighted by atomic mass is 10.1. The van der Waals surface area contributed by atoms with Crippen molar-refractivity contribution in [3.05, 3.63) is 53.7 Å². The first-order valence-corrected chi connectivity index (χ1v) is 6.90. The fraction of sp³-hybridized carbons (Fsp3) is 0.188. The van der Waals surface area contributed by atoms with Crippen molar-refractivity contribution in [2.24, 2.45) is 0 Å². The fourth-order valence-corrected chi connectivity index (χ4v) is 2.34. The average molecular weight is 284 g/mol. The quantitative estimate of drug-likeness (QED) is 0.651. The highest BCUT2D eigenvalue weighted by Gasteiger charge is 2.11. The van der Waals surface area contributed by atoms with Gasteiger partial charge in [0.05, 0.1) is 5.69 Å². The molecule has 100 valence electrons. The van der Waals surface area contributed by atoms with E-state index < -0.39 is 0 Å². The van der Waals surface area contributed by atoms with Gasteiger partial charge >= 0.3 is 0 Å². The lowest BCUT2D eigenvalue weighted by molar-refractivity contribution is 0.776. The van der Waals surface area contributed by atoms with Crippen LogP contribution in [0.25, 0.3) is 22.0 Å². The van der Waals surface area contributed by atoms with Crippen molar-refractivity contribution in [3.8, 4) is 11.3 Å². The van der Waals surface area contributed by atoms with E-state index in [0.29, 0.717) is 5.15 Å². The van der Waals surface area contributed by atoms with Gasteiger partial charge in [0.1, 0.15) is 11.0 Å². The van der Waals surface area contributed by atoms with Crippen LogP contribution < -0.4 is 0 Å². The zero-order valence-corrected chi connectivity index (χ0v) is 12.1. The highest BCUT2D eigenvalue weighted by molar-refractivity contribution is 6.29. The van der Waals surface area contributed by atoms with E-state index in [1.165, 1.54) is 0 Å². The molecule has 2 heterocycles. The second-order valence-corrected chi connectivity index (χ2v) is 5.38. The molecule has 20 heavy (non-hydrogen) atoms. The molecule has 0 aliphatic carbocycles. The number of benzene rings is 1. The third kappa shape index (κ3) is 2.37. The van der Waals surface area contributed by atoms with E-state index in [-0.39, 0.29) is 5.92 Å². The van der Waals surface area contributed by atoms with E-state index in [4.69, 9.17) is 11.6 Å². The lowest BCUT2D eigenvalue weighted by Gasteiger charge is -2.09. The zero-order valence-electron chi connectivity index (χ0n) is 11.3. The summed E-state index contributed by atoms with van der Waals surface area (Å²) >= 11 is 6.12. The molecule has 3 aromatic rings. The molecule has 0 fully saturated rings. The summed E-state index contributed by atoms with van der Waals surface area (Å²) in [6.45, 7) is 4.10. The molecule has 0 atom stereocenters. The third-order valence-corrected chi connectivity index (χ3v) is 3.37. The van der Waals surface area contributed by atoms with E-state index in [9.17, 15) is 0 Å². The molecule has 0 aliphatic heterocycles. The summed E-state index contributed by atoms with van der Waals surface area (Å²) in [6, 6.07) is 9.91. The Labute approximate surface area is 122 Å². The fourth-order valence-electron chi connectivity index (χ4n) is 2.15. The topological polar surface area (TPSA) is 38.7 Å². The van der Waals surface area contributed by atoms with Crippen molar-refractivity contribution in [2.45, 2.75) is 19.8 Å². The monoisotopic (exact) mass is 283 g/mol. The molecule has 0 spiro atoms. The largest absolute Gasteiger partial charge is 0.263 e. The van der Waals surface area contributed by atoms with Crippen LogP contribution in [-0.2, 0) is 0 Å². The molecule has 2 aromatic heterocycles. The summed E-state index contributed by atoms with van der Waals surface area (Å²) < 4.78 is 0. The number of aromatic nitrogens is 3. The van der Waals surface area contributed by atoms with E-state index >= 15 is 0 Å². The number of hydrogen-bond acceptors (Lipinski definition) is 3. The van der Waals surface area contributed by atoms with Gasteiger partial charge in [-0.3, -0.25) is 4.98 Å². The molecule has 0 saturated heterocycles. The summed E-state index contributed by atoms with van der Waals surface area (Å²) in [6.07, 6.45) is 3.68. The van der Waals surface area contributed by atoms with Crippen LogP contribution in [0.4, 0.5) is 0 Å². The summed E-state index contributed by atoms with van der Waals surface area (Å²) in [5, 5.41) is 2.67. The second-order valence-electron chi connectivity index (χ2n) is 5.00. The zero-order chi connectivity index (χ0) is 14.1. The average Bonchev–Trinajstić information content (AvgIpc) is 2.46. The van der Waals surface area contributed by atoms with E-state index in [1.807, 2.05) is 30.6 Å². The van der Waals surface area contributed by atoms with Crippen LogP contribution in [0.2, 0.25) is 5.15 Å². The summed E-state index contributed by atoms with van der Waals surface area (Å²) in [5.41, 5.74) is 1.80. The number of rotatable bonds is 2. The van der Waals surface area contributed by atoms with Crippen LogP contribution in [0.3, 0.4) is 0 Å². The maximum Gasteiger partial charge on any atom is 0.133 e. The van der Waals surface area contributed by atoms with Crippen molar-refractivity contribution in [3.63, 3.8) is 0 Å². The number of nitrogens with zero attached hydrogens (tertiary/aromatic N) is 3. The smallest absolute Gasteiger partial charge is 0.133 e. The minimum Gasteiger partial charge on any atom is -0.263 e. The Hall–Kier alpha value is -2.00. The molecule has 0 amide bonds. The molecule has 4 heteroatoms. The molecule has 3 nitrogen and oxygen atoms in total. The van der Waals surface area contributed by atoms with Crippen molar-refractivity contribution in [2.75, 3.05) is 0 Å². The van der Waals surface area contributed by atoms with Crippen LogP contribution >= 0.6 is 11.6 Å². The Balaban J connectivity index is 2.25. The molecule has 0 radical (unpaired) electrons. The molecular formula is C16H14ClN3. The molecule has 0 aliphatic rings. The summed E-state index contributed by atoms with van der Waals surface area (Å²) in [7, 11) is 0. The van der Waals surface area contributed by atoms with Crippen LogP contribution in [0.1, 0.15) is 25.6 Å². The van der Waals surface area contributed by atoms with Crippen LogP contribution in [0.15, 0.2) is 42.7 Å². The predicted octanol–water partition coefficient (Wildman–Crippen LogP) is 4.47. The van der Waals surface area contributed by atoms with Crippen molar-refractivity contribution in [1.82, 2.24) is 15.0 Å². The van der Waals surface area contributed by atoms with Gasteiger partial charge in [-0.25, -0.2) is 9.97 Å². The molecular weight excluding hydrogens is 270 g/mol. The SMILES string of the molecule is CC(C)c1nc(Cl)cc(-c2cncc3ccccc23)n1. The van der Waals surface area contributed by atoms with Crippen LogP contribution in [0, 0.1) is 0 Å². The number of pyridine rings is 1. The van der Waals surface area contributed by atoms with Gasteiger partial charge in [-0.1, -0.05) is 49.7 Å². The Morgan fingerprint density at radius 1 is 1.05 bits per heavy atom. The first-order chi connectivity index (χ1) is 9.65. The minimum absolute atomic E-state index is 0.232. The van der Waals surface area contributed by atoms with Gasteiger partial charge in [0.15, 0.2) is 0 Å². The number of halogens is 1. The molecule has 0 saturated carbocycles. The molecule has 3 rings (SSSR count). The first-order valence-electron chi connectivity index (χ1n) is 6.53. The lowest BCUT2D eigenvalue weighted by Crippen LogP contribution is -1.99. The van der Waals surface area contributed by atoms with Gasteiger partial charge in [-0.05, 0) is 5.39 Å². The van der Waals surface area contributed by atoms with Crippen LogP contribution in [-0.4, -0.2) is 15.0 Å². The number of fused-ring (bicyclic) bond motifs is 1. The second kappa shape index (κ2) is 5.17. The molecule has 0 bridgehead atoms. The Morgan fingerprint density at radius 3 is 2.65 bits per heavy atom. The molecule has 0 N–H and O–H groups in total. The van der Waals surface area contributed by atoms with Gasteiger partial charge in [-0.2, -0.15) is 0 Å². The van der Waals surface area contributed by atoms with Crippen molar-refractivity contribution < 1.29 is 0 Å². The highest BCUT2D eigenvalue weighted by Crippen LogP contribution is 2.28. The van der Waals surface area contributed by atoms with Crippen molar-refractivity contribution in [1.29, 1.82) is 0 Å². The Morgan fingerprint density at radius 2 is 1.85 bits per heavy atom. The summed E-state index contributed by atoms with van der Waals surface area (Å²) in [5.74, 6) is 0.982.